The Balaban J connectivity index is 2.21. The molecule has 0 spiro atoms. The van der Waals surface area contributed by atoms with Crippen molar-refractivity contribution in [3.8, 4) is 5.75 Å². The van der Waals surface area contributed by atoms with Crippen LogP contribution in [-0.4, -0.2) is 41.1 Å². The molecule has 0 heterocycles. The molecule has 0 saturated heterocycles. The fourth-order valence-electron chi connectivity index (χ4n) is 2.36. The first kappa shape index (κ1) is 19.3. The number of halogens is 2. The van der Waals surface area contributed by atoms with Gasteiger partial charge in [-0.3, -0.25) is 0 Å². The van der Waals surface area contributed by atoms with Crippen LogP contribution in [0.1, 0.15) is 11.6 Å². The van der Waals surface area contributed by atoms with E-state index in [9.17, 15) is 17.2 Å². The van der Waals surface area contributed by atoms with Crippen molar-refractivity contribution in [2.24, 2.45) is 0 Å². The van der Waals surface area contributed by atoms with Gasteiger partial charge in [-0.05, 0) is 50.0 Å². The number of nitrogens with zero attached hydrogens (tertiary/aromatic N) is 1. The largest absolute Gasteiger partial charge is 0.497 e. The highest BCUT2D eigenvalue weighted by Gasteiger charge is 2.21. The Labute approximate surface area is 146 Å². The molecule has 1 N–H and O–H groups in total. The van der Waals surface area contributed by atoms with Crippen molar-refractivity contribution in [1.82, 2.24) is 9.62 Å². The molecule has 0 bridgehead atoms. The number of sulfonamides is 1. The van der Waals surface area contributed by atoms with Crippen LogP contribution in [-0.2, 0) is 10.0 Å². The summed E-state index contributed by atoms with van der Waals surface area (Å²) in [4.78, 5) is 1.53. The first-order valence-electron chi connectivity index (χ1n) is 7.49. The van der Waals surface area contributed by atoms with Gasteiger partial charge in [0.2, 0.25) is 10.0 Å². The van der Waals surface area contributed by atoms with E-state index in [2.05, 4.69) is 4.72 Å². The second-order valence-electron chi connectivity index (χ2n) is 5.68. The predicted molar refractivity (Wildman–Crippen MR) is 91.0 cm³/mol. The predicted octanol–water partition coefficient (Wildman–Crippen LogP) is 2.55. The van der Waals surface area contributed by atoms with Crippen LogP contribution in [0.2, 0.25) is 0 Å². The molecule has 0 radical (unpaired) electrons. The van der Waals surface area contributed by atoms with Gasteiger partial charge in [-0.1, -0.05) is 12.1 Å². The third-order valence-corrected chi connectivity index (χ3v) is 5.19. The lowest BCUT2D eigenvalue weighted by atomic mass is 10.1. The van der Waals surface area contributed by atoms with Gasteiger partial charge in [0.1, 0.15) is 5.75 Å². The van der Waals surface area contributed by atoms with Crippen LogP contribution in [0.5, 0.6) is 5.75 Å². The molecule has 136 valence electrons. The zero-order chi connectivity index (χ0) is 18.6. The molecule has 5 nitrogen and oxygen atoms in total. The summed E-state index contributed by atoms with van der Waals surface area (Å²) in [5.41, 5.74) is 0.859. The van der Waals surface area contributed by atoms with Crippen LogP contribution in [0.4, 0.5) is 8.78 Å². The second-order valence-corrected chi connectivity index (χ2v) is 7.45. The molecule has 0 unspecified atom stereocenters. The van der Waals surface area contributed by atoms with Crippen LogP contribution in [0.3, 0.4) is 0 Å². The average molecular weight is 370 g/mol. The van der Waals surface area contributed by atoms with Gasteiger partial charge >= 0.3 is 0 Å². The number of hydrogen-bond donors (Lipinski definition) is 1. The molecule has 0 aromatic heterocycles. The maximum atomic E-state index is 13.3. The SMILES string of the molecule is COc1cccc([C@H](CNS(=O)(=O)c2ccc(F)c(F)c2)N(C)C)c1. The third kappa shape index (κ3) is 4.75. The summed E-state index contributed by atoms with van der Waals surface area (Å²) in [6.07, 6.45) is 0. The molecule has 2 aromatic carbocycles. The van der Waals surface area contributed by atoms with E-state index in [-0.39, 0.29) is 17.5 Å². The molecule has 25 heavy (non-hydrogen) atoms. The van der Waals surface area contributed by atoms with Crippen LogP contribution < -0.4 is 9.46 Å². The maximum absolute atomic E-state index is 13.3. The first-order valence-corrected chi connectivity index (χ1v) is 8.98. The van der Waals surface area contributed by atoms with Crippen molar-refractivity contribution in [1.29, 1.82) is 0 Å². The smallest absolute Gasteiger partial charge is 0.240 e. The highest BCUT2D eigenvalue weighted by molar-refractivity contribution is 7.89. The van der Waals surface area contributed by atoms with Crippen molar-refractivity contribution in [2.75, 3.05) is 27.7 Å². The van der Waals surface area contributed by atoms with E-state index in [0.717, 1.165) is 17.7 Å². The molecule has 0 fully saturated rings. The standard InChI is InChI=1S/C17H20F2N2O3S/c1-21(2)17(12-5-4-6-13(9-12)24-3)11-20-25(22,23)14-7-8-15(18)16(19)10-14/h4-10,17,20H,11H2,1-3H3/t17-/m0/s1. The number of methoxy groups -OCH3 is 1. The van der Waals surface area contributed by atoms with E-state index < -0.39 is 21.7 Å². The molecule has 8 heteroatoms. The Hall–Kier alpha value is -2.03. The van der Waals surface area contributed by atoms with Crippen molar-refractivity contribution >= 4 is 10.0 Å². The monoisotopic (exact) mass is 370 g/mol. The lowest BCUT2D eigenvalue weighted by Gasteiger charge is -2.25. The third-order valence-electron chi connectivity index (χ3n) is 3.77. The Morgan fingerprint density at radius 1 is 1.12 bits per heavy atom. The van der Waals surface area contributed by atoms with Crippen LogP contribution >= 0.6 is 0 Å². The molecule has 0 amide bonds. The highest BCUT2D eigenvalue weighted by atomic mass is 32.2. The van der Waals surface area contributed by atoms with Crippen LogP contribution in [0, 0.1) is 11.6 Å². The number of hydrogen-bond acceptors (Lipinski definition) is 4. The van der Waals surface area contributed by atoms with E-state index >= 15 is 0 Å². The van der Waals surface area contributed by atoms with Crippen LogP contribution in [0.15, 0.2) is 47.4 Å². The number of likely N-dealkylation sites (N-methyl/N-ethyl adjacent to an activating group) is 1. The van der Waals surface area contributed by atoms with E-state index in [1.54, 1.807) is 13.2 Å². The minimum Gasteiger partial charge on any atom is -0.497 e. The molecular formula is C17H20F2N2O3S. The Bertz CT molecular complexity index is 842. The van der Waals surface area contributed by atoms with Gasteiger partial charge in [0.15, 0.2) is 11.6 Å². The molecule has 1 atom stereocenters. The maximum Gasteiger partial charge on any atom is 0.240 e. The topological polar surface area (TPSA) is 58.6 Å². The van der Waals surface area contributed by atoms with Crippen molar-refractivity contribution < 1.29 is 21.9 Å². The molecular weight excluding hydrogens is 350 g/mol. The zero-order valence-electron chi connectivity index (χ0n) is 14.2. The summed E-state index contributed by atoms with van der Waals surface area (Å²) in [6, 6.07) is 9.49. The summed E-state index contributed by atoms with van der Waals surface area (Å²) < 4.78 is 58.6. The number of rotatable bonds is 7. The Kier molecular flexibility index (Phi) is 6.10. The fourth-order valence-corrected chi connectivity index (χ4v) is 3.41. The zero-order valence-corrected chi connectivity index (χ0v) is 15.0. The number of nitrogens with one attached hydrogen (secondary N) is 1. The highest BCUT2D eigenvalue weighted by Crippen LogP contribution is 2.23. The van der Waals surface area contributed by atoms with E-state index in [0.29, 0.717) is 11.8 Å². The number of benzene rings is 2. The van der Waals surface area contributed by atoms with Gasteiger partial charge in [0.25, 0.3) is 0 Å². The van der Waals surface area contributed by atoms with Crippen LogP contribution in [0.25, 0.3) is 0 Å². The van der Waals surface area contributed by atoms with Crippen molar-refractivity contribution in [3.63, 3.8) is 0 Å². The minimum atomic E-state index is -3.97. The summed E-state index contributed by atoms with van der Waals surface area (Å²) in [5, 5.41) is 0. The molecule has 0 saturated carbocycles. The lowest BCUT2D eigenvalue weighted by molar-refractivity contribution is 0.298. The Morgan fingerprint density at radius 2 is 1.84 bits per heavy atom. The lowest BCUT2D eigenvalue weighted by Crippen LogP contribution is -2.34. The summed E-state index contributed by atoms with van der Waals surface area (Å²) in [5.74, 6) is -1.64. The number of ether oxygens (including phenoxy) is 1. The van der Waals surface area contributed by atoms with E-state index in [4.69, 9.17) is 4.74 Å². The second kappa shape index (κ2) is 7.90. The molecule has 0 aliphatic carbocycles. The molecule has 0 aliphatic heterocycles. The summed E-state index contributed by atoms with van der Waals surface area (Å²) in [6.45, 7) is 0.0570. The normalized spacial score (nSPS) is 13.0. The summed E-state index contributed by atoms with van der Waals surface area (Å²) in [7, 11) is 1.22. The molecule has 0 aliphatic rings. The van der Waals surface area contributed by atoms with Gasteiger partial charge in [0.05, 0.1) is 12.0 Å². The van der Waals surface area contributed by atoms with Gasteiger partial charge in [-0.15, -0.1) is 0 Å². The van der Waals surface area contributed by atoms with Crippen molar-refractivity contribution in [2.45, 2.75) is 10.9 Å². The van der Waals surface area contributed by atoms with Gasteiger partial charge in [-0.25, -0.2) is 21.9 Å². The minimum absolute atomic E-state index is 0.0570. The Morgan fingerprint density at radius 3 is 2.44 bits per heavy atom. The van der Waals surface area contributed by atoms with Gasteiger partial charge in [-0.2, -0.15) is 0 Å². The van der Waals surface area contributed by atoms with Gasteiger partial charge < -0.3 is 9.64 Å². The van der Waals surface area contributed by atoms with E-state index in [1.165, 1.54) is 0 Å². The average Bonchev–Trinajstić information content (AvgIpc) is 2.57. The van der Waals surface area contributed by atoms with E-state index in [1.807, 2.05) is 37.2 Å². The molecule has 2 aromatic rings. The fraction of sp³-hybridized carbons (Fsp3) is 0.294. The summed E-state index contributed by atoms with van der Waals surface area (Å²) >= 11 is 0. The van der Waals surface area contributed by atoms with Crippen molar-refractivity contribution in [3.05, 3.63) is 59.7 Å². The molecule has 2 rings (SSSR count). The first-order chi connectivity index (χ1) is 11.7. The quantitative estimate of drug-likeness (QED) is 0.814. The van der Waals surface area contributed by atoms with Gasteiger partial charge in [0, 0.05) is 12.6 Å².